The fourth-order valence-electron chi connectivity index (χ4n) is 1.11. The number of carboxylic acid groups (broad SMARTS) is 1. The zero-order valence-electron chi connectivity index (χ0n) is 8.93. The van der Waals surface area contributed by atoms with E-state index in [-0.39, 0.29) is 0 Å². The number of nitrogens with zero attached hydrogens (tertiary/aromatic N) is 1. The highest BCUT2D eigenvalue weighted by molar-refractivity contribution is 5.93. The molecule has 0 radical (unpaired) electrons. The molecule has 0 aromatic carbocycles. The largest absolute Gasteiger partial charge is 0.478 e. The van der Waals surface area contributed by atoms with Gasteiger partial charge in [0.05, 0.1) is 0 Å². The molecule has 0 amide bonds. The molecule has 1 heterocycles. The van der Waals surface area contributed by atoms with Crippen LogP contribution in [0.3, 0.4) is 0 Å². The predicted octanol–water partition coefficient (Wildman–Crippen LogP) is 2.77. The van der Waals surface area contributed by atoms with Gasteiger partial charge in [0.2, 0.25) is 0 Å². The second-order valence-corrected chi connectivity index (χ2v) is 3.36. The van der Waals surface area contributed by atoms with E-state index in [4.69, 9.17) is 5.11 Å². The Morgan fingerprint density at radius 3 is 2.21 bits per heavy atom. The third-order valence-electron chi connectivity index (χ3n) is 1.87. The van der Waals surface area contributed by atoms with Crippen molar-refractivity contribution in [1.29, 1.82) is 0 Å². The Balaban J connectivity index is 3.13. The van der Waals surface area contributed by atoms with Crippen molar-refractivity contribution < 1.29 is 36.2 Å². The van der Waals surface area contributed by atoms with Gasteiger partial charge in [0.25, 0.3) is 0 Å². The molecule has 2 N–H and O–H groups in total. The van der Waals surface area contributed by atoms with Crippen molar-refractivity contribution in [1.82, 2.24) is 4.98 Å². The molecular weight excluding hydrogens is 282 g/mol. The molecule has 1 rings (SSSR count). The lowest BCUT2D eigenvalue weighted by atomic mass is 10.2. The summed E-state index contributed by atoms with van der Waals surface area (Å²) in [5, 5.41) is 10.2. The maximum Gasteiger partial charge on any atom is 0.433 e. The van der Waals surface area contributed by atoms with Gasteiger partial charge in [-0.2, -0.15) is 26.3 Å². The van der Waals surface area contributed by atoms with E-state index in [1.165, 1.54) is 5.32 Å². The Labute approximate surface area is 102 Å². The average Bonchev–Trinajstić information content (AvgIpc) is 2.23. The molecule has 0 spiro atoms. The minimum absolute atomic E-state index is 0.377. The highest BCUT2D eigenvalue weighted by Crippen LogP contribution is 2.29. The Morgan fingerprint density at radius 2 is 1.79 bits per heavy atom. The summed E-state index contributed by atoms with van der Waals surface area (Å²) in [6.45, 7) is -1.69. The van der Waals surface area contributed by atoms with Gasteiger partial charge in [0.1, 0.15) is 23.6 Å². The molecule has 10 heteroatoms. The fourth-order valence-corrected chi connectivity index (χ4v) is 1.11. The van der Waals surface area contributed by atoms with Crippen molar-refractivity contribution in [2.45, 2.75) is 12.4 Å². The summed E-state index contributed by atoms with van der Waals surface area (Å²) in [5.41, 5.74) is -2.26. The number of hydrogen-bond acceptors (Lipinski definition) is 3. The Kier molecular flexibility index (Phi) is 3.91. The molecule has 0 bridgehead atoms. The number of nitrogens with one attached hydrogen (secondary N) is 1. The first kappa shape index (κ1) is 15.1. The van der Waals surface area contributed by atoms with Gasteiger partial charge < -0.3 is 10.4 Å². The van der Waals surface area contributed by atoms with Crippen molar-refractivity contribution in [2.75, 3.05) is 11.9 Å². The van der Waals surface area contributed by atoms with Crippen LogP contribution in [0.5, 0.6) is 0 Å². The van der Waals surface area contributed by atoms with Crippen molar-refractivity contribution in [3.05, 3.63) is 23.4 Å². The van der Waals surface area contributed by atoms with Crippen molar-refractivity contribution >= 4 is 11.8 Å². The molecule has 0 unspecified atom stereocenters. The topological polar surface area (TPSA) is 62.2 Å². The fraction of sp³-hybridized carbons (Fsp3) is 0.333. The van der Waals surface area contributed by atoms with Crippen molar-refractivity contribution in [3.8, 4) is 0 Å². The van der Waals surface area contributed by atoms with Crippen LogP contribution in [-0.2, 0) is 6.18 Å². The van der Waals surface area contributed by atoms with Gasteiger partial charge in [-0.05, 0) is 12.1 Å². The first-order chi connectivity index (χ1) is 8.50. The number of aromatic nitrogens is 1. The van der Waals surface area contributed by atoms with Gasteiger partial charge in [0.15, 0.2) is 0 Å². The number of alkyl halides is 6. The summed E-state index contributed by atoms with van der Waals surface area (Å²) in [6, 6.07) is 0.916. The SMILES string of the molecule is O=C(O)c1ccc(C(F)(F)F)nc1NCC(F)(F)F. The smallest absolute Gasteiger partial charge is 0.433 e. The lowest BCUT2D eigenvalue weighted by Crippen LogP contribution is -2.24. The van der Waals surface area contributed by atoms with Crippen molar-refractivity contribution in [2.24, 2.45) is 0 Å². The van der Waals surface area contributed by atoms with E-state index in [0.29, 0.717) is 12.1 Å². The lowest BCUT2D eigenvalue weighted by molar-refractivity contribution is -0.141. The van der Waals surface area contributed by atoms with Gasteiger partial charge in [-0.3, -0.25) is 0 Å². The maximum atomic E-state index is 12.3. The predicted molar refractivity (Wildman–Crippen MR) is 50.7 cm³/mol. The van der Waals surface area contributed by atoms with Crippen LogP contribution in [-0.4, -0.2) is 28.8 Å². The molecule has 1 aromatic rings. The molecule has 0 aliphatic heterocycles. The van der Waals surface area contributed by atoms with E-state index in [1.54, 1.807) is 0 Å². The average molecular weight is 288 g/mol. The molecule has 0 fully saturated rings. The molecular formula is C9H6F6N2O2. The molecule has 0 atom stereocenters. The highest BCUT2D eigenvalue weighted by Gasteiger charge is 2.34. The highest BCUT2D eigenvalue weighted by atomic mass is 19.4. The molecule has 0 aliphatic carbocycles. The molecule has 19 heavy (non-hydrogen) atoms. The van der Waals surface area contributed by atoms with E-state index >= 15 is 0 Å². The number of pyridine rings is 1. The summed E-state index contributed by atoms with van der Waals surface area (Å²) >= 11 is 0. The van der Waals surface area contributed by atoms with Crippen LogP contribution >= 0.6 is 0 Å². The van der Waals surface area contributed by atoms with Crippen molar-refractivity contribution in [3.63, 3.8) is 0 Å². The summed E-state index contributed by atoms with van der Waals surface area (Å²) < 4.78 is 72.8. The quantitative estimate of drug-likeness (QED) is 0.839. The lowest BCUT2D eigenvalue weighted by Gasteiger charge is -2.13. The summed E-state index contributed by atoms with van der Waals surface area (Å²) in [7, 11) is 0. The molecule has 1 aromatic heterocycles. The van der Waals surface area contributed by atoms with Gasteiger partial charge in [-0.15, -0.1) is 0 Å². The van der Waals surface area contributed by atoms with Gasteiger partial charge in [-0.1, -0.05) is 0 Å². The molecule has 0 saturated carbocycles. The molecule has 0 aliphatic rings. The molecule has 4 nitrogen and oxygen atoms in total. The van der Waals surface area contributed by atoms with Crippen LogP contribution < -0.4 is 5.32 Å². The van der Waals surface area contributed by atoms with Crippen LogP contribution in [0, 0.1) is 0 Å². The third-order valence-corrected chi connectivity index (χ3v) is 1.87. The number of hydrogen-bond donors (Lipinski definition) is 2. The second kappa shape index (κ2) is 4.94. The van der Waals surface area contributed by atoms with Gasteiger partial charge in [-0.25, -0.2) is 9.78 Å². The zero-order chi connectivity index (χ0) is 14.8. The summed E-state index contributed by atoms with van der Waals surface area (Å²) in [4.78, 5) is 13.5. The minimum atomic E-state index is -4.88. The van der Waals surface area contributed by atoms with Crippen LogP contribution in [0.2, 0.25) is 0 Å². The number of aromatic carboxylic acids is 1. The summed E-state index contributed by atoms with van der Waals surface area (Å²) in [5.74, 6) is -2.68. The standard InChI is InChI=1S/C9H6F6N2O2/c10-8(11,12)3-16-6-4(7(18)19)1-2-5(17-6)9(13,14)15/h1-2H,3H2,(H,16,17)(H,18,19). The van der Waals surface area contributed by atoms with Crippen LogP contribution in [0.4, 0.5) is 32.2 Å². The minimum Gasteiger partial charge on any atom is -0.478 e. The molecule has 0 saturated heterocycles. The zero-order valence-corrected chi connectivity index (χ0v) is 8.93. The Hall–Kier alpha value is -2.00. The van der Waals surface area contributed by atoms with Gasteiger partial charge in [0, 0.05) is 0 Å². The van der Waals surface area contributed by atoms with E-state index in [9.17, 15) is 31.1 Å². The number of carboxylic acids is 1. The normalized spacial score (nSPS) is 12.3. The Bertz CT molecular complexity index is 483. The number of anilines is 1. The number of halogens is 6. The van der Waals surface area contributed by atoms with Crippen LogP contribution in [0.25, 0.3) is 0 Å². The first-order valence-electron chi connectivity index (χ1n) is 4.63. The van der Waals surface area contributed by atoms with Gasteiger partial charge >= 0.3 is 18.3 Å². The third kappa shape index (κ3) is 4.30. The molecule has 106 valence electrons. The number of carbonyl (C=O) groups is 1. The summed E-state index contributed by atoms with van der Waals surface area (Å²) in [6.07, 6.45) is -9.60. The monoisotopic (exact) mass is 288 g/mol. The second-order valence-electron chi connectivity index (χ2n) is 3.36. The van der Waals surface area contributed by atoms with E-state index in [0.717, 1.165) is 0 Å². The Morgan fingerprint density at radius 1 is 1.21 bits per heavy atom. The van der Waals surface area contributed by atoms with Crippen LogP contribution in [0.15, 0.2) is 12.1 Å². The van der Waals surface area contributed by atoms with E-state index in [1.807, 2.05) is 0 Å². The van der Waals surface area contributed by atoms with Crippen LogP contribution in [0.1, 0.15) is 16.1 Å². The first-order valence-corrected chi connectivity index (χ1v) is 4.63. The van der Waals surface area contributed by atoms with E-state index in [2.05, 4.69) is 4.98 Å². The maximum absolute atomic E-state index is 12.3. The number of rotatable bonds is 3. The van der Waals surface area contributed by atoms with E-state index < -0.39 is 41.9 Å².